The van der Waals surface area contributed by atoms with Gasteiger partial charge < -0.3 is 15.5 Å². The zero-order chi connectivity index (χ0) is 15.9. The van der Waals surface area contributed by atoms with Crippen molar-refractivity contribution in [2.45, 2.75) is 71.4 Å². The van der Waals surface area contributed by atoms with Crippen molar-refractivity contribution in [1.29, 1.82) is 0 Å². The number of likely N-dealkylation sites (tertiary alicyclic amines) is 1. The van der Waals surface area contributed by atoms with E-state index in [0.29, 0.717) is 12.1 Å². The number of guanidine groups is 1. The Morgan fingerprint density at radius 3 is 2.27 bits per heavy atom. The highest BCUT2D eigenvalue weighted by atomic mass is 15.2. The lowest BCUT2D eigenvalue weighted by Crippen LogP contribution is -2.50. The standard InChI is InChI=1S/C18H36N4/c1-14(2)22-11-9-17(10-12-22)21-18(19-4)20-13-16-7-5-15(3)6-8-16/h14-17H,5-13H2,1-4H3,(H2,19,20,21). The van der Waals surface area contributed by atoms with E-state index in [1.54, 1.807) is 0 Å². The van der Waals surface area contributed by atoms with Gasteiger partial charge in [-0.05, 0) is 51.4 Å². The van der Waals surface area contributed by atoms with Crippen LogP contribution in [0.4, 0.5) is 0 Å². The number of rotatable bonds is 4. The third-order valence-corrected chi connectivity index (χ3v) is 5.52. The van der Waals surface area contributed by atoms with Crippen LogP contribution in [0.5, 0.6) is 0 Å². The lowest BCUT2D eigenvalue weighted by atomic mass is 9.83. The summed E-state index contributed by atoms with van der Waals surface area (Å²) in [4.78, 5) is 6.98. The number of nitrogens with zero attached hydrogens (tertiary/aromatic N) is 2. The monoisotopic (exact) mass is 308 g/mol. The molecule has 1 saturated heterocycles. The predicted octanol–water partition coefficient (Wildman–Crippen LogP) is 2.85. The van der Waals surface area contributed by atoms with Gasteiger partial charge in [0.05, 0.1) is 0 Å². The van der Waals surface area contributed by atoms with Crippen LogP contribution in [0.25, 0.3) is 0 Å². The van der Waals surface area contributed by atoms with E-state index in [9.17, 15) is 0 Å². The molecule has 0 unspecified atom stereocenters. The molecule has 2 rings (SSSR count). The number of hydrogen-bond acceptors (Lipinski definition) is 2. The van der Waals surface area contributed by atoms with Gasteiger partial charge in [-0.2, -0.15) is 0 Å². The zero-order valence-corrected chi connectivity index (χ0v) is 15.1. The first-order chi connectivity index (χ1) is 10.6. The molecule has 128 valence electrons. The van der Waals surface area contributed by atoms with Gasteiger partial charge in [-0.15, -0.1) is 0 Å². The van der Waals surface area contributed by atoms with Crippen LogP contribution in [-0.4, -0.2) is 49.6 Å². The van der Waals surface area contributed by atoms with Gasteiger partial charge in [0.2, 0.25) is 0 Å². The highest BCUT2D eigenvalue weighted by Gasteiger charge is 2.22. The zero-order valence-electron chi connectivity index (χ0n) is 15.1. The van der Waals surface area contributed by atoms with Crippen molar-refractivity contribution >= 4 is 5.96 Å². The van der Waals surface area contributed by atoms with E-state index in [1.807, 2.05) is 7.05 Å². The summed E-state index contributed by atoms with van der Waals surface area (Å²) in [6.07, 6.45) is 7.98. The second kappa shape index (κ2) is 8.76. The van der Waals surface area contributed by atoms with E-state index in [2.05, 4.69) is 41.3 Å². The first-order valence-corrected chi connectivity index (χ1v) is 9.29. The van der Waals surface area contributed by atoms with Gasteiger partial charge in [0.25, 0.3) is 0 Å². The first-order valence-electron chi connectivity index (χ1n) is 9.29. The van der Waals surface area contributed by atoms with Crippen molar-refractivity contribution in [3.05, 3.63) is 0 Å². The smallest absolute Gasteiger partial charge is 0.191 e. The van der Waals surface area contributed by atoms with Gasteiger partial charge in [-0.3, -0.25) is 4.99 Å². The fourth-order valence-corrected chi connectivity index (χ4v) is 3.72. The van der Waals surface area contributed by atoms with Crippen LogP contribution in [0.1, 0.15) is 59.3 Å². The quantitative estimate of drug-likeness (QED) is 0.620. The molecule has 2 aliphatic rings. The third-order valence-electron chi connectivity index (χ3n) is 5.52. The molecule has 22 heavy (non-hydrogen) atoms. The molecule has 1 saturated carbocycles. The molecule has 0 spiro atoms. The molecule has 0 radical (unpaired) electrons. The molecule has 0 aromatic heterocycles. The molecule has 1 heterocycles. The normalized spacial score (nSPS) is 28.9. The van der Waals surface area contributed by atoms with E-state index in [4.69, 9.17) is 0 Å². The Labute approximate surface area is 137 Å². The van der Waals surface area contributed by atoms with Crippen molar-refractivity contribution in [3.8, 4) is 0 Å². The Hall–Kier alpha value is -0.770. The van der Waals surface area contributed by atoms with Crippen LogP contribution in [-0.2, 0) is 0 Å². The molecule has 4 heteroatoms. The van der Waals surface area contributed by atoms with Crippen molar-refractivity contribution in [1.82, 2.24) is 15.5 Å². The SMILES string of the molecule is CN=C(NCC1CCC(C)CC1)NC1CCN(C(C)C)CC1. The highest BCUT2D eigenvalue weighted by molar-refractivity contribution is 5.79. The summed E-state index contributed by atoms with van der Waals surface area (Å²) in [7, 11) is 1.89. The maximum Gasteiger partial charge on any atom is 0.191 e. The Balaban J connectivity index is 1.67. The van der Waals surface area contributed by atoms with Gasteiger partial charge in [0.15, 0.2) is 5.96 Å². The van der Waals surface area contributed by atoms with Crippen LogP contribution >= 0.6 is 0 Å². The average molecular weight is 309 g/mol. The van der Waals surface area contributed by atoms with Crippen molar-refractivity contribution in [2.24, 2.45) is 16.8 Å². The van der Waals surface area contributed by atoms with Gasteiger partial charge >= 0.3 is 0 Å². The molecule has 2 fully saturated rings. The lowest BCUT2D eigenvalue weighted by molar-refractivity contribution is 0.167. The topological polar surface area (TPSA) is 39.7 Å². The van der Waals surface area contributed by atoms with Gasteiger partial charge in [0, 0.05) is 38.8 Å². The lowest BCUT2D eigenvalue weighted by Gasteiger charge is -2.35. The molecule has 0 aromatic carbocycles. The fourth-order valence-electron chi connectivity index (χ4n) is 3.72. The van der Waals surface area contributed by atoms with E-state index in [-0.39, 0.29) is 0 Å². The molecule has 0 aromatic rings. The fraction of sp³-hybridized carbons (Fsp3) is 0.944. The predicted molar refractivity (Wildman–Crippen MR) is 95.4 cm³/mol. The number of aliphatic imine (C=N–C) groups is 1. The molecule has 0 bridgehead atoms. The number of hydrogen-bond donors (Lipinski definition) is 2. The minimum Gasteiger partial charge on any atom is -0.356 e. The van der Waals surface area contributed by atoms with Crippen LogP contribution in [0.3, 0.4) is 0 Å². The maximum atomic E-state index is 4.42. The molecule has 0 atom stereocenters. The summed E-state index contributed by atoms with van der Waals surface area (Å²) in [5.74, 6) is 2.76. The largest absolute Gasteiger partial charge is 0.356 e. The highest BCUT2D eigenvalue weighted by Crippen LogP contribution is 2.27. The minimum atomic E-state index is 0.576. The number of piperidine rings is 1. The van der Waals surface area contributed by atoms with Crippen LogP contribution in [0.15, 0.2) is 4.99 Å². The second-order valence-electron chi connectivity index (χ2n) is 7.63. The van der Waals surface area contributed by atoms with Crippen molar-refractivity contribution in [3.63, 3.8) is 0 Å². The van der Waals surface area contributed by atoms with Crippen molar-refractivity contribution in [2.75, 3.05) is 26.7 Å². The van der Waals surface area contributed by atoms with Crippen LogP contribution in [0.2, 0.25) is 0 Å². The summed E-state index contributed by atoms with van der Waals surface area (Å²) >= 11 is 0. The Morgan fingerprint density at radius 2 is 1.73 bits per heavy atom. The Kier molecular flexibility index (Phi) is 7.00. The summed E-state index contributed by atoms with van der Waals surface area (Å²) in [6.45, 7) is 10.4. The Morgan fingerprint density at radius 1 is 1.09 bits per heavy atom. The van der Waals surface area contributed by atoms with Crippen LogP contribution in [0, 0.1) is 11.8 Å². The summed E-state index contributed by atoms with van der Waals surface area (Å²) in [6, 6.07) is 1.25. The molecule has 2 N–H and O–H groups in total. The van der Waals surface area contributed by atoms with E-state index >= 15 is 0 Å². The summed E-state index contributed by atoms with van der Waals surface area (Å²) < 4.78 is 0. The second-order valence-corrected chi connectivity index (χ2v) is 7.63. The molecule has 0 amide bonds. The maximum absolute atomic E-state index is 4.42. The van der Waals surface area contributed by atoms with Crippen molar-refractivity contribution < 1.29 is 0 Å². The summed E-state index contributed by atoms with van der Waals surface area (Å²) in [5, 5.41) is 7.19. The van der Waals surface area contributed by atoms with Gasteiger partial charge in [-0.25, -0.2) is 0 Å². The molecular formula is C18H36N4. The number of nitrogens with one attached hydrogen (secondary N) is 2. The average Bonchev–Trinajstić information content (AvgIpc) is 2.53. The first kappa shape index (κ1) is 17.6. The van der Waals surface area contributed by atoms with E-state index < -0.39 is 0 Å². The molecule has 1 aliphatic heterocycles. The molecule has 4 nitrogen and oxygen atoms in total. The molecular weight excluding hydrogens is 272 g/mol. The summed E-state index contributed by atoms with van der Waals surface area (Å²) in [5.41, 5.74) is 0. The van der Waals surface area contributed by atoms with Crippen LogP contribution < -0.4 is 10.6 Å². The van der Waals surface area contributed by atoms with Gasteiger partial charge in [0.1, 0.15) is 0 Å². The minimum absolute atomic E-state index is 0.576. The molecule has 1 aliphatic carbocycles. The third kappa shape index (κ3) is 5.45. The van der Waals surface area contributed by atoms with E-state index in [1.165, 1.54) is 51.6 Å². The van der Waals surface area contributed by atoms with E-state index in [0.717, 1.165) is 24.3 Å². The Bertz CT molecular complexity index is 337. The van der Waals surface area contributed by atoms with Gasteiger partial charge in [-0.1, -0.05) is 19.8 Å².